The van der Waals surface area contributed by atoms with Crippen LogP contribution in [-0.2, 0) is 0 Å². The summed E-state index contributed by atoms with van der Waals surface area (Å²) in [4.78, 5) is 5.12. The van der Waals surface area contributed by atoms with E-state index in [9.17, 15) is 8.78 Å². The van der Waals surface area contributed by atoms with Crippen LogP contribution in [0.15, 0.2) is 24.3 Å². The molecule has 2 heterocycles. The third-order valence-corrected chi connectivity index (χ3v) is 4.02. The number of halogens is 2. The van der Waals surface area contributed by atoms with Gasteiger partial charge >= 0.3 is 0 Å². The Labute approximate surface area is 117 Å². The van der Waals surface area contributed by atoms with Crippen molar-refractivity contribution < 1.29 is 8.78 Å². The lowest BCUT2D eigenvalue weighted by atomic mass is 10.0. The van der Waals surface area contributed by atoms with E-state index in [0.717, 1.165) is 35.2 Å². The first-order valence-electron chi connectivity index (χ1n) is 6.98. The number of fused-ring (bicyclic) bond motifs is 1. The van der Waals surface area contributed by atoms with Crippen molar-refractivity contribution in [2.45, 2.75) is 19.4 Å². The normalized spacial score (nSPS) is 18.8. The number of benzene rings is 1. The molecule has 20 heavy (non-hydrogen) atoms. The number of H-pyrrole nitrogens is 1. The summed E-state index contributed by atoms with van der Waals surface area (Å²) in [5.41, 5.74) is 2.52. The maximum Gasteiger partial charge on any atom is 0.258 e. The second kappa shape index (κ2) is 5.50. The molecular formula is C15H19F2N3. The third kappa shape index (κ3) is 2.31. The van der Waals surface area contributed by atoms with Crippen LogP contribution in [0.1, 0.15) is 17.3 Å². The number of aromatic nitrogens is 1. The molecule has 1 aromatic carbocycles. The van der Waals surface area contributed by atoms with Gasteiger partial charge in [-0.15, -0.1) is 0 Å². The van der Waals surface area contributed by atoms with Gasteiger partial charge < -0.3 is 10.3 Å². The molecule has 1 atom stereocenters. The van der Waals surface area contributed by atoms with E-state index in [4.69, 9.17) is 0 Å². The van der Waals surface area contributed by atoms with Gasteiger partial charge in [0.05, 0.1) is 6.04 Å². The SMILES string of the molecule is Cc1[nH]c2ccccc2c1[C@H](C(F)F)N1CCNCC1. The van der Waals surface area contributed by atoms with E-state index in [1.807, 2.05) is 36.1 Å². The molecule has 0 saturated carbocycles. The Morgan fingerprint density at radius 2 is 1.85 bits per heavy atom. The summed E-state index contributed by atoms with van der Waals surface area (Å²) < 4.78 is 27.4. The highest BCUT2D eigenvalue weighted by molar-refractivity contribution is 5.85. The molecule has 108 valence electrons. The Balaban J connectivity index is 2.07. The van der Waals surface area contributed by atoms with Gasteiger partial charge in [0, 0.05) is 48.3 Å². The molecule has 1 aliphatic heterocycles. The lowest BCUT2D eigenvalue weighted by molar-refractivity contribution is 0.0186. The Hall–Kier alpha value is -1.46. The van der Waals surface area contributed by atoms with Crippen molar-refractivity contribution in [1.82, 2.24) is 15.2 Å². The van der Waals surface area contributed by atoms with E-state index in [0.29, 0.717) is 13.1 Å². The molecule has 1 aliphatic rings. The number of hydrogen-bond donors (Lipinski definition) is 2. The monoisotopic (exact) mass is 279 g/mol. The van der Waals surface area contributed by atoms with Gasteiger partial charge in [-0.25, -0.2) is 8.78 Å². The summed E-state index contributed by atoms with van der Waals surface area (Å²) in [7, 11) is 0. The number of rotatable bonds is 3. The standard InChI is InChI=1S/C15H19F2N3/c1-10-13(11-4-2-3-5-12(11)19-10)14(15(16)17)20-8-6-18-7-9-20/h2-5,14-15,18-19H,6-9H2,1H3/t14-/m1/s1. The van der Waals surface area contributed by atoms with Crippen LogP contribution in [0, 0.1) is 6.92 Å². The molecule has 0 aliphatic carbocycles. The summed E-state index contributed by atoms with van der Waals surface area (Å²) in [6, 6.07) is 6.86. The van der Waals surface area contributed by atoms with Gasteiger partial charge in [-0.1, -0.05) is 18.2 Å². The van der Waals surface area contributed by atoms with Crippen molar-refractivity contribution in [2.24, 2.45) is 0 Å². The average molecular weight is 279 g/mol. The highest BCUT2D eigenvalue weighted by Gasteiger charge is 2.33. The zero-order valence-corrected chi connectivity index (χ0v) is 11.5. The van der Waals surface area contributed by atoms with Crippen LogP contribution in [0.5, 0.6) is 0 Å². The quantitative estimate of drug-likeness (QED) is 0.905. The first-order chi connectivity index (χ1) is 9.68. The number of piperazine rings is 1. The summed E-state index contributed by atoms with van der Waals surface area (Å²) in [5, 5.41) is 4.12. The lowest BCUT2D eigenvalue weighted by Crippen LogP contribution is -2.47. The highest BCUT2D eigenvalue weighted by atomic mass is 19.3. The fourth-order valence-corrected chi connectivity index (χ4v) is 3.11. The maximum atomic E-state index is 13.7. The molecule has 1 aromatic heterocycles. The van der Waals surface area contributed by atoms with Crippen molar-refractivity contribution in [3.8, 4) is 0 Å². The topological polar surface area (TPSA) is 31.1 Å². The van der Waals surface area contributed by atoms with Crippen molar-refractivity contribution in [2.75, 3.05) is 26.2 Å². The largest absolute Gasteiger partial charge is 0.358 e. The second-order valence-corrected chi connectivity index (χ2v) is 5.27. The van der Waals surface area contributed by atoms with Crippen molar-refractivity contribution in [3.05, 3.63) is 35.5 Å². The van der Waals surface area contributed by atoms with Crippen LogP contribution < -0.4 is 5.32 Å². The van der Waals surface area contributed by atoms with Crippen molar-refractivity contribution >= 4 is 10.9 Å². The number of alkyl halides is 2. The molecule has 3 rings (SSSR count). The van der Waals surface area contributed by atoms with Crippen LogP contribution in [0.2, 0.25) is 0 Å². The Kier molecular flexibility index (Phi) is 3.72. The zero-order valence-electron chi connectivity index (χ0n) is 11.5. The fraction of sp³-hybridized carbons (Fsp3) is 0.467. The van der Waals surface area contributed by atoms with E-state index >= 15 is 0 Å². The zero-order chi connectivity index (χ0) is 14.1. The fourth-order valence-electron chi connectivity index (χ4n) is 3.11. The van der Waals surface area contributed by atoms with E-state index in [2.05, 4.69) is 10.3 Å². The average Bonchev–Trinajstić information content (AvgIpc) is 2.77. The predicted molar refractivity (Wildman–Crippen MR) is 76.2 cm³/mol. The molecule has 1 saturated heterocycles. The van der Waals surface area contributed by atoms with E-state index in [1.54, 1.807) is 0 Å². The minimum atomic E-state index is -2.38. The van der Waals surface area contributed by atoms with Crippen molar-refractivity contribution in [3.63, 3.8) is 0 Å². The predicted octanol–water partition coefficient (Wildman–Crippen LogP) is 2.69. The summed E-state index contributed by atoms with van der Waals surface area (Å²) in [5.74, 6) is 0. The second-order valence-electron chi connectivity index (χ2n) is 5.27. The van der Waals surface area contributed by atoms with Crippen LogP contribution >= 0.6 is 0 Å². The lowest BCUT2D eigenvalue weighted by Gasteiger charge is -2.34. The molecule has 0 radical (unpaired) electrons. The molecular weight excluding hydrogens is 260 g/mol. The Bertz CT molecular complexity index is 588. The molecule has 2 aromatic rings. The molecule has 0 bridgehead atoms. The molecule has 2 N–H and O–H groups in total. The van der Waals surface area contributed by atoms with Gasteiger partial charge in [0.25, 0.3) is 6.43 Å². The van der Waals surface area contributed by atoms with E-state index in [-0.39, 0.29) is 0 Å². The van der Waals surface area contributed by atoms with E-state index < -0.39 is 12.5 Å². The Morgan fingerprint density at radius 1 is 1.15 bits per heavy atom. The molecule has 0 amide bonds. The number of aromatic amines is 1. The first-order valence-corrected chi connectivity index (χ1v) is 6.98. The third-order valence-electron chi connectivity index (χ3n) is 4.02. The van der Waals surface area contributed by atoms with Gasteiger partial charge in [-0.05, 0) is 13.0 Å². The number of para-hydroxylation sites is 1. The minimum absolute atomic E-state index is 0.661. The molecule has 0 unspecified atom stereocenters. The maximum absolute atomic E-state index is 13.7. The van der Waals surface area contributed by atoms with Gasteiger partial charge in [-0.3, -0.25) is 4.90 Å². The van der Waals surface area contributed by atoms with Crippen LogP contribution in [0.4, 0.5) is 8.78 Å². The number of aryl methyl sites for hydroxylation is 1. The number of nitrogens with zero attached hydrogens (tertiary/aromatic N) is 1. The van der Waals surface area contributed by atoms with Crippen LogP contribution in [0.25, 0.3) is 10.9 Å². The molecule has 3 nitrogen and oxygen atoms in total. The number of hydrogen-bond acceptors (Lipinski definition) is 2. The summed E-state index contributed by atoms with van der Waals surface area (Å²) in [6.45, 7) is 4.74. The molecule has 5 heteroatoms. The number of nitrogens with one attached hydrogen (secondary N) is 2. The van der Waals surface area contributed by atoms with Gasteiger partial charge in [0.15, 0.2) is 0 Å². The van der Waals surface area contributed by atoms with Crippen molar-refractivity contribution in [1.29, 1.82) is 0 Å². The van der Waals surface area contributed by atoms with Gasteiger partial charge in [0.1, 0.15) is 0 Å². The highest BCUT2D eigenvalue weighted by Crippen LogP contribution is 2.35. The first kappa shape index (κ1) is 13.5. The molecule has 1 fully saturated rings. The van der Waals surface area contributed by atoms with Gasteiger partial charge in [0.2, 0.25) is 0 Å². The van der Waals surface area contributed by atoms with Crippen LogP contribution in [0.3, 0.4) is 0 Å². The van der Waals surface area contributed by atoms with E-state index in [1.165, 1.54) is 0 Å². The minimum Gasteiger partial charge on any atom is -0.358 e. The molecule has 0 spiro atoms. The Morgan fingerprint density at radius 3 is 2.55 bits per heavy atom. The smallest absolute Gasteiger partial charge is 0.258 e. The van der Waals surface area contributed by atoms with Crippen LogP contribution in [-0.4, -0.2) is 42.5 Å². The van der Waals surface area contributed by atoms with Gasteiger partial charge in [-0.2, -0.15) is 0 Å². The summed E-state index contributed by atoms with van der Waals surface area (Å²) >= 11 is 0. The summed E-state index contributed by atoms with van der Waals surface area (Å²) in [6.07, 6.45) is -2.38.